The van der Waals surface area contributed by atoms with Crippen molar-refractivity contribution in [3.8, 4) is 5.75 Å². The fraction of sp³-hybridized carbons (Fsp3) is 0.343. The fourth-order valence-electron chi connectivity index (χ4n) is 7.15. The molecule has 0 aliphatic carbocycles. The quantitative estimate of drug-likeness (QED) is 0.252. The van der Waals surface area contributed by atoms with Crippen LogP contribution in [0.1, 0.15) is 24.4 Å². The number of benzene rings is 3. The maximum atomic E-state index is 14.8. The Kier molecular flexibility index (Phi) is 8.75. The predicted molar refractivity (Wildman–Crippen MR) is 185 cm³/mol. The van der Waals surface area contributed by atoms with E-state index in [0.717, 1.165) is 29.9 Å². The lowest BCUT2D eigenvalue weighted by Gasteiger charge is -2.42. The number of hydrogen-bond donors (Lipinski definition) is 0. The number of methoxy groups -OCH3 is 1. The van der Waals surface area contributed by atoms with E-state index >= 15 is 0 Å². The van der Waals surface area contributed by atoms with Crippen molar-refractivity contribution in [1.82, 2.24) is 28.2 Å². The molecule has 7 rings (SSSR count). The summed E-state index contributed by atoms with van der Waals surface area (Å²) in [4.78, 5) is 40.2. The first-order chi connectivity index (χ1) is 23.2. The molecule has 3 aromatic carbocycles. The summed E-state index contributed by atoms with van der Waals surface area (Å²) in [5, 5.41) is 0.899. The number of carbonyl (C=O) groups is 1. The first kappa shape index (κ1) is 32.3. The second-order valence-electron chi connectivity index (χ2n) is 12.4. The van der Waals surface area contributed by atoms with Crippen molar-refractivity contribution < 1.29 is 17.9 Å². The van der Waals surface area contributed by atoms with Gasteiger partial charge in [-0.3, -0.25) is 19.2 Å². The number of para-hydroxylation sites is 2. The third-order valence-corrected chi connectivity index (χ3v) is 11.6. The molecule has 4 heterocycles. The Balaban J connectivity index is 1.36. The van der Waals surface area contributed by atoms with Gasteiger partial charge < -0.3 is 14.5 Å². The van der Waals surface area contributed by atoms with E-state index in [0.29, 0.717) is 48.9 Å². The van der Waals surface area contributed by atoms with Gasteiger partial charge in [0.25, 0.3) is 15.9 Å². The van der Waals surface area contributed by atoms with Crippen LogP contribution in [0.15, 0.2) is 88.7 Å². The molecule has 0 saturated carbocycles. The minimum absolute atomic E-state index is 0.0946. The van der Waals surface area contributed by atoms with Gasteiger partial charge in [0, 0.05) is 54.4 Å². The molecule has 5 aromatic rings. The van der Waals surface area contributed by atoms with Crippen molar-refractivity contribution in [3.05, 3.63) is 100 Å². The summed E-state index contributed by atoms with van der Waals surface area (Å²) in [6.07, 6.45) is 3.69. The van der Waals surface area contributed by atoms with E-state index in [1.165, 1.54) is 42.1 Å². The van der Waals surface area contributed by atoms with Crippen LogP contribution in [0.3, 0.4) is 0 Å². The highest BCUT2D eigenvalue weighted by Gasteiger charge is 2.38. The second-order valence-corrected chi connectivity index (χ2v) is 14.6. The lowest BCUT2D eigenvalue weighted by atomic mass is 10.0. The minimum Gasteiger partial charge on any atom is -0.496 e. The van der Waals surface area contributed by atoms with E-state index in [4.69, 9.17) is 16.3 Å². The number of likely N-dealkylation sites (tertiary alicyclic amines) is 1. The largest absolute Gasteiger partial charge is 0.496 e. The molecule has 1 unspecified atom stereocenters. The van der Waals surface area contributed by atoms with Gasteiger partial charge in [0.2, 0.25) is 0 Å². The SMILES string of the molecule is COc1ccccc1C(C(=O)N1CCN(C2CCN(C)CC2)CC1)n1c(=O)n(S(=O)(=O)c2cccc3cccnc23)c2ccc(Cl)cc21. The Morgan fingerprint density at radius 3 is 2.40 bits per heavy atom. The lowest BCUT2D eigenvalue weighted by Crippen LogP contribution is -2.55. The number of piperidine rings is 1. The molecule has 2 aromatic heterocycles. The van der Waals surface area contributed by atoms with Crippen molar-refractivity contribution in [1.29, 1.82) is 0 Å². The normalized spacial score (nSPS) is 17.6. The Bertz CT molecular complexity index is 2160. The van der Waals surface area contributed by atoms with Crippen LogP contribution in [-0.2, 0) is 14.8 Å². The number of fused-ring (bicyclic) bond motifs is 2. The van der Waals surface area contributed by atoms with Crippen LogP contribution >= 0.6 is 11.6 Å². The first-order valence-electron chi connectivity index (χ1n) is 16.0. The van der Waals surface area contributed by atoms with Gasteiger partial charge in [0.05, 0.1) is 23.7 Å². The van der Waals surface area contributed by atoms with E-state index in [9.17, 15) is 18.0 Å². The number of piperazine rings is 1. The van der Waals surface area contributed by atoms with Crippen LogP contribution in [0, 0.1) is 0 Å². The van der Waals surface area contributed by atoms with Gasteiger partial charge in [0.15, 0.2) is 0 Å². The lowest BCUT2D eigenvalue weighted by molar-refractivity contribution is -0.135. The van der Waals surface area contributed by atoms with Crippen LogP contribution in [0.25, 0.3) is 21.9 Å². The van der Waals surface area contributed by atoms with Crippen LogP contribution in [0.2, 0.25) is 5.02 Å². The zero-order chi connectivity index (χ0) is 33.6. The predicted octanol–water partition coefficient (Wildman–Crippen LogP) is 4.08. The highest BCUT2D eigenvalue weighted by molar-refractivity contribution is 7.90. The molecule has 0 bridgehead atoms. The molecule has 48 heavy (non-hydrogen) atoms. The number of amides is 1. The zero-order valence-electron chi connectivity index (χ0n) is 26.8. The molecule has 2 fully saturated rings. The number of carbonyl (C=O) groups excluding carboxylic acids is 1. The molecule has 11 nitrogen and oxygen atoms in total. The summed E-state index contributed by atoms with van der Waals surface area (Å²) in [5.74, 6) is 0.0737. The third kappa shape index (κ3) is 5.66. The van der Waals surface area contributed by atoms with E-state index in [1.54, 1.807) is 53.4 Å². The Morgan fingerprint density at radius 1 is 0.917 bits per heavy atom. The molecule has 13 heteroatoms. The maximum Gasteiger partial charge on any atom is 0.344 e. The van der Waals surface area contributed by atoms with E-state index in [2.05, 4.69) is 21.8 Å². The van der Waals surface area contributed by atoms with E-state index in [-0.39, 0.29) is 32.4 Å². The molecular formula is C35H37ClN6O5S. The summed E-state index contributed by atoms with van der Waals surface area (Å²) in [6.45, 7) is 4.48. The number of halogens is 1. The summed E-state index contributed by atoms with van der Waals surface area (Å²) in [7, 11) is -0.867. The van der Waals surface area contributed by atoms with E-state index in [1.807, 2.05) is 0 Å². The molecule has 0 spiro atoms. The first-order valence-corrected chi connectivity index (χ1v) is 17.9. The average molecular weight is 689 g/mol. The van der Waals surface area contributed by atoms with Gasteiger partial charge in [-0.2, -0.15) is 3.97 Å². The summed E-state index contributed by atoms with van der Waals surface area (Å²) in [5.41, 5.74) is 0.0831. The molecule has 2 saturated heterocycles. The smallest absolute Gasteiger partial charge is 0.344 e. The Morgan fingerprint density at radius 2 is 1.65 bits per heavy atom. The molecular weight excluding hydrogens is 652 g/mol. The molecule has 1 amide bonds. The number of nitrogens with zero attached hydrogens (tertiary/aromatic N) is 6. The Labute approximate surface area is 283 Å². The number of ether oxygens (including phenoxy) is 1. The van der Waals surface area contributed by atoms with Crippen molar-refractivity contribution in [2.24, 2.45) is 0 Å². The van der Waals surface area contributed by atoms with Gasteiger partial charge in [0.1, 0.15) is 16.7 Å². The molecule has 2 aliphatic rings. The second kappa shape index (κ2) is 13.0. The highest BCUT2D eigenvalue weighted by Crippen LogP contribution is 2.34. The zero-order valence-corrected chi connectivity index (χ0v) is 28.4. The maximum absolute atomic E-state index is 14.8. The minimum atomic E-state index is -4.51. The number of aromatic nitrogens is 3. The molecule has 2 aliphatic heterocycles. The number of imidazole rings is 1. The van der Waals surface area contributed by atoms with Crippen LogP contribution in [0.4, 0.5) is 0 Å². The molecule has 0 N–H and O–H groups in total. The van der Waals surface area contributed by atoms with Crippen molar-refractivity contribution >= 4 is 49.5 Å². The van der Waals surface area contributed by atoms with E-state index < -0.39 is 21.8 Å². The number of hydrogen-bond acceptors (Lipinski definition) is 8. The third-order valence-electron chi connectivity index (χ3n) is 9.67. The van der Waals surface area contributed by atoms with Crippen molar-refractivity contribution in [2.45, 2.75) is 29.8 Å². The van der Waals surface area contributed by atoms with Crippen LogP contribution in [0.5, 0.6) is 5.75 Å². The van der Waals surface area contributed by atoms with Gasteiger partial charge >= 0.3 is 5.69 Å². The topological polar surface area (TPSA) is 110 Å². The summed E-state index contributed by atoms with van der Waals surface area (Å²) < 4.78 is 36.7. The molecule has 0 radical (unpaired) electrons. The fourth-order valence-corrected chi connectivity index (χ4v) is 8.88. The highest BCUT2D eigenvalue weighted by atomic mass is 35.5. The summed E-state index contributed by atoms with van der Waals surface area (Å²) in [6, 6.07) is 19.1. The van der Waals surface area contributed by atoms with Gasteiger partial charge in [-0.25, -0.2) is 13.2 Å². The monoisotopic (exact) mass is 688 g/mol. The standard InChI is InChI=1S/C35H37ClN6O5S/c1-38-17-14-26(15-18-38)39-19-21-40(22-20-39)34(43)33(27-9-3-4-10-30(27)47-2)41-29-23-25(36)12-13-28(29)42(35(41)44)48(45,46)31-11-5-7-24-8-6-16-37-32(24)31/h3-13,16,23,26,33H,14-15,17-22H2,1-2H3. The molecule has 250 valence electrons. The van der Waals surface area contributed by atoms with Gasteiger partial charge in [-0.1, -0.05) is 48.0 Å². The number of pyridine rings is 1. The number of rotatable bonds is 7. The van der Waals surface area contributed by atoms with Crippen molar-refractivity contribution in [2.75, 3.05) is 53.4 Å². The van der Waals surface area contributed by atoms with Gasteiger partial charge in [-0.05, 0) is 69.4 Å². The van der Waals surface area contributed by atoms with Gasteiger partial charge in [-0.15, -0.1) is 0 Å². The summed E-state index contributed by atoms with van der Waals surface area (Å²) >= 11 is 6.49. The average Bonchev–Trinajstić information content (AvgIpc) is 3.39. The Hall–Kier alpha value is -4.23. The molecule has 1 atom stereocenters. The van der Waals surface area contributed by atoms with Crippen LogP contribution in [-0.4, -0.2) is 102 Å². The van der Waals surface area contributed by atoms with Crippen LogP contribution < -0.4 is 10.4 Å². The van der Waals surface area contributed by atoms with Crippen molar-refractivity contribution in [3.63, 3.8) is 0 Å².